The SMILES string of the molecule is O=C(NC1CCc2ccccc21)N1CC2C=CC=N[C@@H]2N1. The maximum Gasteiger partial charge on any atom is 0.332 e. The third-order valence-electron chi connectivity index (χ3n) is 4.45. The maximum absolute atomic E-state index is 12.4. The maximum atomic E-state index is 12.4. The summed E-state index contributed by atoms with van der Waals surface area (Å²) in [5, 5.41) is 4.79. The number of amides is 2. The van der Waals surface area contributed by atoms with E-state index in [1.165, 1.54) is 11.1 Å². The molecule has 2 N–H and O–H groups in total. The number of fused-ring (bicyclic) bond motifs is 2. The summed E-state index contributed by atoms with van der Waals surface area (Å²) in [5.74, 6) is 0.275. The average Bonchev–Trinajstić information content (AvgIpc) is 3.11. The molecule has 0 aromatic heterocycles. The lowest BCUT2D eigenvalue weighted by atomic mass is 10.1. The average molecular weight is 282 g/mol. The molecule has 1 aromatic carbocycles. The van der Waals surface area contributed by atoms with Gasteiger partial charge in [0.2, 0.25) is 0 Å². The molecule has 1 aliphatic carbocycles. The first-order valence-corrected chi connectivity index (χ1v) is 7.43. The van der Waals surface area contributed by atoms with E-state index < -0.39 is 0 Å². The van der Waals surface area contributed by atoms with E-state index in [-0.39, 0.29) is 24.2 Å². The molecule has 1 saturated heterocycles. The van der Waals surface area contributed by atoms with Gasteiger partial charge in [0, 0.05) is 18.7 Å². The van der Waals surface area contributed by atoms with E-state index in [9.17, 15) is 4.79 Å². The van der Waals surface area contributed by atoms with E-state index in [0.717, 1.165) is 12.8 Å². The van der Waals surface area contributed by atoms with Gasteiger partial charge >= 0.3 is 6.03 Å². The zero-order chi connectivity index (χ0) is 14.2. The summed E-state index contributed by atoms with van der Waals surface area (Å²) in [5.41, 5.74) is 5.76. The molecule has 1 fully saturated rings. The molecule has 2 heterocycles. The fraction of sp³-hybridized carbons (Fsp3) is 0.375. The summed E-state index contributed by atoms with van der Waals surface area (Å²) in [6.07, 6.45) is 7.83. The highest BCUT2D eigenvalue weighted by atomic mass is 16.2. The number of hydrazine groups is 1. The van der Waals surface area contributed by atoms with E-state index in [1.807, 2.05) is 12.1 Å². The van der Waals surface area contributed by atoms with E-state index in [4.69, 9.17) is 0 Å². The number of benzene rings is 1. The van der Waals surface area contributed by atoms with Gasteiger partial charge in [-0.3, -0.25) is 10.0 Å². The molecular formula is C16H18N4O. The molecule has 2 unspecified atom stereocenters. The van der Waals surface area contributed by atoms with Crippen molar-refractivity contribution >= 4 is 12.2 Å². The number of aryl methyl sites for hydroxylation is 1. The molecule has 2 amide bonds. The standard InChI is InChI=1S/C16H18N4O/c21-16(20-10-12-5-3-9-17-15(12)19-20)18-14-8-7-11-4-1-2-6-13(11)14/h1-6,9,12,14-15,19H,7-8,10H2,(H,18,21)/t12?,14?,15-/m1/s1. The molecule has 0 spiro atoms. The van der Waals surface area contributed by atoms with Crippen LogP contribution in [0.25, 0.3) is 0 Å². The third kappa shape index (κ3) is 2.23. The minimum atomic E-state index is -0.0605. The Kier molecular flexibility index (Phi) is 3.00. The molecule has 5 nitrogen and oxygen atoms in total. The van der Waals surface area contributed by atoms with Crippen LogP contribution >= 0.6 is 0 Å². The van der Waals surface area contributed by atoms with Crippen molar-refractivity contribution in [1.29, 1.82) is 0 Å². The van der Waals surface area contributed by atoms with Crippen molar-refractivity contribution in [3.8, 4) is 0 Å². The number of nitrogens with one attached hydrogen (secondary N) is 2. The molecule has 108 valence electrons. The van der Waals surface area contributed by atoms with Gasteiger partial charge in [0.15, 0.2) is 0 Å². The Morgan fingerprint density at radius 3 is 3.19 bits per heavy atom. The van der Waals surface area contributed by atoms with Gasteiger partial charge in [-0.15, -0.1) is 0 Å². The minimum absolute atomic E-state index is 0.00313. The molecule has 21 heavy (non-hydrogen) atoms. The Morgan fingerprint density at radius 2 is 2.29 bits per heavy atom. The minimum Gasteiger partial charge on any atom is -0.330 e. The van der Waals surface area contributed by atoms with Crippen LogP contribution in [0.5, 0.6) is 0 Å². The van der Waals surface area contributed by atoms with Gasteiger partial charge in [-0.05, 0) is 30.0 Å². The van der Waals surface area contributed by atoms with Gasteiger partial charge < -0.3 is 5.32 Å². The molecule has 0 radical (unpaired) electrons. The third-order valence-corrected chi connectivity index (χ3v) is 4.45. The highest BCUT2D eigenvalue weighted by Crippen LogP contribution is 2.31. The molecule has 1 aromatic rings. The number of hydrogen-bond donors (Lipinski definition) is 2. The Morgan fingerprint density at radius 1 is 1.38 bits per heavy atom. The van der Waals surface area contributed by atoms with Gasteiger partial charge in [0.05, 0.1) is 6.04 Å². The second-order valence-corrected chi connectivity index (χ2v) is 5.77. The Labute approximate surface area is 123 Å². The number of carbonyl (C=O) groups excluding carboxylic acids is 1. The second kappa shape index (κ2) is 5.00. The van der Waals surface area contributed by atoms with Crippen LogP contribution in [0.15, 0.2) is 41.4 Å². The smallest absolute Gasteiger partial charge is 0.330 e. The summed E-state index contributed by atoms with van der Waals surface area (Å²) in [7, 11) is 0. The van der Waals surface area contributed by atoms with Gasteiger partial charge in [-0.2, -0.15) is 0 Å². The van der Waals surface area contributed by atoms with E-state index in [2.05, 4.69) is 40.0 Å². The van der Waals surface area contributed by atoms with Crippen LogP contribution in [0.1, 0.15) is 23.6 Å². The molecule has 3 atom stereocenters. The summed E-state index contributed by atoms with van der Waals surface area (Å²) in [6.45, 7) is 0.665. The fourth-order valence-electron chi connectivity index (χ4n) is 3.34. The second-order valence-electron chi connectivity index (χ2n) is 5.77. The summed E-state index contributed by atoms with van der Waals surface area (Å²) >= 11 is 0. The van der Waals surface area contributed by atoms with Crippen molar-refractivity contribution in [2.45, 2.75) is 25.0 Å². The number of carbonyl (C=O) groups is 1. The Balaban J connectivity index is 1.43. The first-order valence-electron chi connectivity index (χ1n) is 7.43. The monoisotopic (exact) mass is 282 g/mol. The van der Waals surface area contributed by atoms with Crippen molar-refractivity contribution in [3.05, 3.63) is 47.5 Å². The van der Waals surface area contributed by atoms with Crippen LogP contribution in [0.2, 0.25) is 0 Å². The van der Waals surface area contributed by atoms with Crippen LogP contribution < -0.4 is 10.7 Å². The van der Waals surface area contributed by atoms with Gasteiger partial charge in [-0.25, -0.2) is 10.2 Å². The number of aliphatic imine (C=N–C) groups is 1. The lowest BCUT2D eigenvalue weighted by Crippen LogP contribution is -2.46. The van der Waals surface area contributed by atoms with Crippen LogP contribution in [0.4, 0.5) is 4.79 Å². The lowest BCUT2D eigenvalue weighted by Gasteiger charge is -2.21. The predicted molar refractivity (Wildman–Crippen MR) is 80.8 cm³/mol. The molecule has 0 bridgehead atoms. The molecule has 4 rings (SSSR count). The normalized spacial score (nSPS) is 29.3. The number of dihydropyridines is 1. The van der Waals surface area contributed by atoms with Crippen LogP contribution in [-0.4, -0.2) is 30.0 Å². The molecule has 3 aliphatic rings. The Bertz CT molecular complexity index is 604. The van der Waals surface area contributed by atoms with E-state index in [1.54, 1.807) is 11.2 Å². The molecular weight excluding hydrogens is 264 g/mol. The van der Waals surface area contributed by atoms with Crippen molar-refractivity contribution < 1.29 is 4.79 Å². The van der Waals surface area contributed by atoms with Crippen LogP contribution in [0.3, 0.4) is 0 Å². The zero-order valence-corrected chi connectivity index (χ0v) is 11.7. The number of rotatable bonds is 1. The first kappa shape index (κ1) is 12.6. The quantitative estimate of drug-likeness (QED) is 0.825. The number of hydrogen-bond acceptors (Lipinski definition) is 3. The largest absolute Gasteiger partial charge is 0.332 e. The molecule has 2 aliphatic heterocycles. The van der Waals surface area contributed by atoms with E-state index >= 15 is 0 Å². The van der Waals surface area contributed by atoms with Gasteiger partial charge in [0.1, 0.15) is 6.17 Å². The van der Waals surface area contributed by atoms with Gasteiger partial charge in [-0.1, -0.05) is 30.3 Å². The van der Waals surface area contributed by atoms with Crippen molar-refractivity contribution in [2.24, 2.45) is 10.9 Å². The van der Waals surface area contributed by atoms with E-state index in [0.29, 0.717) is 6.54 Å². The summed E-state index contributed by atoms with van der Waals surface area (Å²) < 4.78 is 0. The number of allylic oxidation sites excluding steroid dienone is 1. The van der Waals surface area contributed by atoms with Crippen molar-refractivity contribution in [3.63, 3.8) is 0 Å². The zero-order valence-electron chi connectivity index (χ0n) is 11.7. The first-order chi connectivity index (χ1) is 10.3. The highest BCUT2D eigenvalue weighted by Gasteiger charge is 2.35. The van der Waals surface area contributed by atoms with Crippen LogP contribution in [-0.2, 0) is 6.42 Å². The number of nitrogens with zero attached hydrogens (tertiary/aromatic N) is 2. The van der Waals surface area contributed by atoms with Crippen LogP contribution in [0, 0.1) is 5.92 Å². The highest BCUT2D eigenvalue weighted by molar-refractivity contribution is 5.76. The fourth-order valence-corrected chi connectivity index (χ4v) is 3.34. The lowest BCUT2D eigenvalue weighted by molar-refractivity contribution is 0.183. The summed E-state index contributed by atoms with van der Waals surface area (Å²) in [4.78, 5) is 16.8. The number of urea groups is 1. The van der Waals surface area contributed by atoms with Crippen molar-refractivity contribution in [1.82, 2.24) is 15.8 Å². The van der Waals surface area contributed by atoms with Crippen molar-refractivity contribution in [2.75, 3.05) is 6.54 Å². The molecule has 0 saturated carbocycles. The predicted octanol–water partition coefficient (Wildman–Crippen LogP) is 1.79. The topological polar surface area (TPSA) is 56.7 Å². The van der Waals surface area contributed by atoms with Gasteiger partial charge in [0.25, 0.3) is 0 Å². The molecule has 5 heteroatoms. The Hall–Kier alpha value is -2.14. The summed E-state index contributed by atoms with van der Waals surface area (Å²) in [6, 6.07) is 8.40.